The van der Waals surface area contributed by atoms with Crippen LogP contribution < -0.4 is 0 Å². The van der Waals surface area contributed by atoms with Crippen molar-refractivity contribution in [2.75, 3.05) is 12.5 Å². The number of pyridine rings is 2. The summed E-state index contributed by atoms with van der Waals surface area (Å²) in [6, 6.07) is 6.95. The molecule has 2 aromatic rings. The van der Waals surface area contributed by atoms with E-state index in [9.17, 15) is 16.8 Å². The fraction of sp³-hybridized carbons (Fsp3) is 0.286. The number of aliphatic hydroxyl groups is 1. The molecule has 2 aromatic heterocycles. The molecule has 11 heteroatoms. The summed E-state index contributed by atoms with van der Waals surface area (Å²) in [5.41, 5.74) is 1.69. The summed E-state index contributed by atoms with van der Waals surface area (Å²) in [5, 5.41) is 8.51. The highest BCUT2D eigenvalue weighted by Crippen LogP contribution is 2.00. The molecule has 0 amide bonds. The number of rotatable bonds is 4. The van der Waals surface area contributed by atoms with Gasteiger partial charge in [0.05, 0.1) is 25.7 Å². The first-order valence-corrected chi connectivity index (χ1v) is 11.2. The van der Waals surface area contributed by atoms with Crippen LogP contribution in [-0.2, 0) is 36.6 Å². The molecule has 0 fully saturated rings. The van der Waals surface area contributed by atoms with Crippen LogP contribution in [0.15, 0.2) is 49.1 Å². The largest absolute Gasteiger partial charge is 0.392 e. The van der Waals surface area contributed by atoms with Crippen molar-refractivity contribution in [3.8, 4) is 0 Å². The van der Waals surface area contributed by atoms with Gasteiger partial charge in [-0.25, -0.2) is 8.42 Å². The van der Waals surface area contributed by atoms with Crippen molar-refractivity contribution in [2.24, 2.45) is 0 Å². The first kappa shape index (κ1) is 23.4. The molecule has 0 unspecified atom stereocenters. The van der Waals surface area contributed by atoms with Gasteiger partial charge in [0.15, 0.2) is 0 Å². The second kappa shape index (κ2) is 11.9. The van der Waals surface area contributed by atoms with E-state index < -0.39 is 19.2 Å². The van der Waals surface area contributed by atoms with Gasteiger partial charge in [-0.3, -0.25) is 14.2 Å². The second-order valence-electron chi connectivity index (χ2n) is 4.52. The average Bonchev–Trinajstić information content (AvgIpc) is 2.53. The van der Waals surface area contributed by atoms with E-state index in [0.717, 1.165) is 23.6 Å². The highest BCUT2D eigenvalue weighted by molar-refractivity contribution is 8.13. The Morgan fingerprint density at radius 1 is 0.920 bits per heavy atom. The number of aromatic nitrogens is 2. The van der Waals surface area contributed by atoms with Gasteiger partial charge >= 0.3 is 0 Å². The predicted octanol–water partition coefficient (Wildman–Crippen LogP) is 1.32. The molecule has 0 aliphatic heterocycles. The summed E-state index contributed by atoms with van der Waals surface area (Å²) in [6.45, 7) is 0.171. The van der Waals surface area contributed by atoms with Crippen LogP contribution in [0.2, 0.25) is 0 Å². The molecule has 0 aliphatic rings. The normalized spacial score (nSPS) is 10.7. The summed E-state index contributed by atoms with van der Waals surface area (Å²) in [6.07, 6.45) is 8.43. The average molecular weight is 411 g/mol. The van der Waals surface area contributed by atoms with E-state index in [-0.39, 0.29) is 13.2 Å². The van der Waals surface area contributed by atoms with Crippen LogP contribution in [0.3, 0.4) is 0 Å². The minimum absolute atomic E-state index is 0.0708. The molecule has 8 nitrogen and oxygen atoms in total. The molecule has 0 aliphatic carbocycles. The van der Waals surface area contributed by atoms with E-state index in [0.29, 0.717) is 0 Å². The fourth-order valence-electron chi connectivity index (χ4n) is 1.14. The van der Waals surface area contributed by atoms with Gasteiger partial charge in [-0.2, -0.15) is 8.42 Å². The minimum Gasteiger partial charge on any atom is -0.392 e. The Hall–Kier alpha value is -1.59. The monoisotopic (exact) mass is 410 g/mol. The molecule has 2 rings (SSSR count). The molecule has 0 atom stereocenters. The quantitative estimate of drug-likeness (QED) is 0.591. The van der Waals surface area contributed by atoms with Crippen LogP contribution in [-0.4, -0.2) is 44.4 Å². The Morgan fingerprint density at radius 3 is 1.56 bits per heavy atom. The lowest BCUT2D eigenvalue weighted by Crippen LogP contribution is -2.02. The zero-order valence-electron chi connectivity index (χ0n) is 13.6. The molecule has 0 saturated carbocycles. The number of nitrogens with zero attached hydrogens (tertiary/aromatic N) is 2. The summed E-state index contributed by atoms with van der Waals surface area (Å²) in [5.74, 6) is 0. The van der Waals surface area contributed by atoms with E-state index in [1.807, 2.05) is 0 Å². The summed E-state index contributed by atoms with van der Waals surface area (Å²) < 4.78 is 44.5. The SMILES string of the molecule is CS(=O)(=O)Cl.CS(=O)(=O)OCc1ccncc1.OCc1ccncc1. The van der Waals surface area contributed by atoms with Crippen LogP contribution in [0, 0.1) is 0 Å². The standard InChI is InChI=1S/C7H9NO3S.C6H7NO.CH3ClO2S/c1-12(9,10)11-6-7-2-4-8-5-3-7;8-5-6-1-3-7-4-2-6;1-5(2,3)4/h2-5H,6H2,1H3;1-4,8H,5H2;1H3. The summed E-state index contributed by atoms with van der Waals surface area (Å²) in [4.78, 5) is 7.57. The fourth-order valence-corrected chi connectivity index (χ4v) is 1.49. The third-order valence-electron chi connectivity index (χ3n) is 2.12. The van der Waals surface area contributed by atoms with E-state index in [1.165, 1.54) is 0 Å². The zero-order valence-corrected chi connectivity index (χ0v) is 16.0. The van der Waals surface area contributed by atoms with Crippen LogP contribution in [0.1, 0.15) is 11.1 Å². The molecule has 140 valence electrons. The molecular formula is C14H19ClN2O6S2. The molecule has 0 aromatic carbocycles. The lowest BCUT2D eigenvalue weighted by Gasteiger charge is -1.99. The summed E-state index contributed by atoms with van der Waals surface area (Å²) >= 11 is 0. The highest BCUT2D eigenvalue weighted by atomic mass is 35.7. The van der Waals surface area contributed by atoms with Gasteiger partial charge < -0.3 is 5.11 Å². The topological polar surface area (TPSA) is 124 Å². The smallest absolute Gasteiger partial charge is 0.264 e. The van der Waals surface area contributed by atoms with Gasteiger partial charge in [-0.15, -0.1) is 0 Å². The molecule has 0 saturated heterocycles. The Kier molecular flexibility index (Phi) is 11.1. The maximum Gasteiger partial charge on any atom is 0.264 e. The van der Waals surface area contributed by atoms with Gasteiger partial charge in [0.2, 0.25) is 9.05 Å². The Bertz CT molecular complexity index is 792. The molecule has 0 bridgehead atoms. The number of hydrogen-bond acceptors (Lipinski definition) is 8. The third-order valence-corrected chi connectivity index (χ3v) is 2.67. The van der Waals surface area contributed by atoms with Crippen molar-refractivity contribution in [1.82, 2.24) is 9.97 Å². The molecule has 0 spiro atoms. The van der Waals surface area contributed by atoms with E-state index in [2.05, 4.69) is 24.8 Å². The molecule has 0 radical (unpaired) electrons. The Labute approximate surface area is 152 Å². The van der Waals surface area contributed by atoms with Crippen molar-refractivity contribution in [2.45, 2.75) is 13.2 Å². The number of hydrogen-bond donors (Lipinski definition) is 1. The maximum atomic E-state index is 10.6. The Balaban J connectivity index is 0.000000382. The van der Waals surface area contributed by atoms with Crippen LogP contribution in [0.25, 0.3) is 0 Å². The van der Waals surface area contributed by atoms with E-state index in [4.69, 9.17) is 5.11 Å². The van der Waals surface area contributed by atoms with Crippen molar-refractivity contribution in [1.29, 1.82) is 0 Å². The molecule has 2 heterocycles. The van der Waals surface area contributed by atoms with Crippen LogP contribution >= 0.6 is 10.7 Å². The third kappa shape index (κ3) is 18.6. The van der Waals surface area contributed by atoms with Crippen molar-refractivity contribution in [3.63, 3.8) is 0 Å². The first-order chi connectivity index (χ1) is 11.5. The van der Waals surface area contributed by atoms with Crippen molar-refractivity contribution in [3.05, 3.63) is 60.2 Å². The van der Waals surface area contributed by atoms with Crippen molar-refractivity contribution >= 4 is 29.9 Å². The lowest BCUT2D eigenvalue weighted by molar-refractivity contribution is 0.281. The van der Waals surface area contributed by atoms with Crippen LogP contribution in [0.5, 0.6) is 0 Å². The van der Waals surface area contributed by atoms with Gasteiger partial charge in [0.1, 0.15) is 0 Å². The van der Waals surface area contributed by atoms with Gasteiger partial charge in [-0.1, -0.05) is 0 Å². The number of halogens is 1. The van der Waals surface area contributed by atoms with E-state index >= 15 is 0 Å². The Morgan fingerprint density at radius 2 is 1.28 bits per heavy atom. The molecule has 25 heavy (non-hydrogen) atoms. The predicted molar refractivity (Wildman–Crippen MR) is 94.7 cm³/mol. The van der Waals surface area contributed by atoms with Crippen LogP contribution in [0.4, 0.5) is 0 Å². The van der Waals surface area contributed by atoms with Gasteiger partial charge in [0.25, 0.3) is 10.1 Å². The first-order valence-electron chi connectivity index (χ1n) is 6.64. The second-order valence-corrected chi connectivity index (χ2v) is 9.21. The van der Waals surface area contributed by atoms with Crippen molar-refractivity contribution < 1.29 is 26.1 Å². The zero-order chi connectivity index (χ0) is 19.3. The van der Waals surface area contributed by atoms with Gasteiger partial charge in [0, 0.05) is 35.5 Å². The molecular weight excluding hydrogens is 392 g/mol. The summed E-state index contributed by atoms with van der Waals surface area (Å²) in [7, 11) is -2.03. The highest BCUT2D eigenvalue weighted by Gasteiger charge is 2.01. The minimum atomic E-state index is -3.34. The lowest BCUT2D eigenvalue weighted by atomic mass is 10.3. The maximum absolute atomic E-state index is 10.6. The van der Waals surface area contributed by atoms with Gasteiger partial charge in [-0.05, 0) is 35.4 Å². The molecule has 1 N–H and O–H groups in total. The van der Waals surface area contributed by atoms with E-state index in [1.54, 1.807) is 49.1 Å². The number of aliphatic hydroxyl groups excluding tert-OH is 1.